The van der Waals surface area contributed by atoms with Crippen LogP contribution in [0, 0.1) is 5.82 Å². The summed E-state index contributed by atoms with van der Waals surface area (Å²) < 4.78 is 18.4. The van der Waals surface area contributed by atoms with Crippen molar-refractivity contribution in [1.29, 1.82) is 0 Å². The molecule has 1 amide bonds. The molecule has 3 aromatic rings. The van der Waals surface area contributed by atoms with Crippen LogP contribution in [0.5, 0.6) is 5.75 Å². The standard InChI is InChI=1S/C21H17ClFN3O2/c1-28-18-9-8-15(11-17(18)22)25-20-19-16(3-2-10-24-19)21(27)26(20)12-13-4-6-14(23)7-5-13/h2-11,20,25H,12H2,1H3. The first-order chi connectivity index (χ1) is 13.6. The molecule has 0 fully saturated rings. The zero-order valence-corrected chi connectivity index (χ0v) is 15.8. The van der Waals surface area contributed by atoms with Crippen LogP contribution in [-0.4, -0.2) is 22.9 Å². The summed E-state index contributed by atoms with van der Waals surface area (Å²) >= 11 is 6.23. The number of carbonyl (C=O) groups excluding carboxylic acids is 1. The summed E-state index contributed by atoms with van der Waals surface area (Å²) in [5.74, 6) is 0.116. The van der Waals surface area contributed by atoms with E-state index in [2.05, 4.69) is 10.3 Å². The third kappa shape index (κ3) is 3.39. The Labute approximate surface area is 166 Å². The first-order valence-corrected chi connectivity index (χ1v) is 9.05. The van der Waals surface area contributed by atoms with Crippen molar-refractivity contribution in [3.8, 4) is 5.75 Å². The Kier molecular flexibility index (Phi) is 4.88. The topological polar surface area (TPSA) is 54.5 Å². The van der Waals surface area contributed by atoms with Gasteiger partial charge >= 0.3 is 0 Å². The maximum Gasteiger partial charge on any atom is 0.258 e. The molecule has 1 unspecified atom stereocenters. The van der Waals surface area contributed by atoms with Crippen LogP contribution in [0.15, 0.2) is 60.8 Å². The van der Waals surface area contributed by atoms with Gasteiger partial charge in [-0.05, 0) is 48.0 Å². The number of rotatable bonds is 5. The van der Waals surface area contributed by atoms with Gasteiger partial charge in [0.05, 0.1) is 23.4 Å². The van der Waals surface area contributed by atoms with Crippen LogP contribution < -0.4 is 10.1 Å². The zero-order valence-electron chi connectivity index (χ0n) is 15.0. The Bertz CT molecular complexity index is 1030. The lowest BCUT2D eigenvalue weighted by molar-refractivity contribution is 0.0727. The SMILES string of the molecule is COc1ccc(NC2c3ncccc3C(=O)N2Cc2ccc(F)cc2)cc1Cl. The van der Waals surface area contributed by atoms with Crippen molar-refractivity contribution in [2.75, 3.05) is 12.4 Å². The number of aromatic nitrogens is 1. The van der Waals surface area contributed by atoms with Crippen LogP contribution in [0.4, 0.5) is 10.1 Å². The minimum absolute atomic E-state index is 0.135. The minimum Gasteiger partial charge on any atom is -0.495 e. The molecule has 0 bridgehead atoms. The van der Waals surface area contributed by atoms with E-state index in [1.807, 2.05) is 6.07 Å². The average Bonchev–Trinajstić information content (AvgIpc) is 2.96. The number of benzene rings is 2. The van der Waals surface area contributed by atoms with E-state index in [1.54, 1.807) is 54.6 Å². The van der Waals surface area contributed by atoms with Crippen molar-refractivity contribution in [3.05, 3.63) is 88.5 Å². The highest BCUT2D eigenvalue weighted by molar-refractivity contribution is 6.32. The largest absolute Gasteiger partial charge is 0.495 e. The maximum atomic E-state index is 13.2. The van der Waals surface area contributed by atoms with Gasteiger partial charge < -0.3 is 15.0 Å². The lowest BCUT2D eigenvalue weighted by Gasteiger charge is -2.26. The minimum atomic E-state index is -0.474. The number of hydrogen-bond donors (Lipinski definition) is 1. The number of nitrogens with zero attached hydrogens (tertiary/aromatic N) is 2. The van der Waals surface area contributed by atoms with Crippen LogP contribution in [0.1, 0.15) is 27.8 Å². The van der Waals surface area contributed by atoms with Gasteiger partial charge in [-0.2, -0.15) is 0 Å². The lowest BCUT2D eigenvalue weighted by Crippen LogP contribution is -2.32. The molecule has 2 aromatic carbocycles. The summed E-state index contributed by atoms with van der Waals surface area (Å²) in [7, 11) is 1.55. The summed E-state index contributed by atoms with van der Waals surface area (Å²) in [5.41, 5.74) is 2.73. The molecule has 4 rings (SSSR count). The molecule has 1 aliphatic rings. The van der Waals surface area contributed by atoms with Gasteiger partial charge in [0, 0.05) is 18.4 Å². The Balaban J connectivity index is 1.67. The number of pyridine rings is 1. The molecule has 0 aliphatic carbocycles. The molecule has 0 saturated carbocycles. The Morgan fingerprint density at radius 1 is 1.21 bits per heavy atom. The number of amides is 1. The van der Waals surface area contributed by atoms with Crippen molar-refractivity contribution in [3.63, 3.8) is 0 Å². The Hall–Kier alpha value is -3.12. The fraction of sp³-hybridized carbons (Fsp3) is 0.143. The summed E-state index contributed by atoms with van der Waals surface area (Å²) in [6.07, 6.45) is 1.18. The third-order valence-electron chi connectivity index (χ3n) is 4.62. The van der Waals surface area contributed by atoms with E-state index in [0.717, 1.165) is 11.3 Å². The molecule has 28 heavy (non-hydrogen) atoms. The van der Waals surface area contributed by atoms with E-state index >= 15 is 0 Å². The number of nitrogens with one attached hydrogen (secondary N) is 1. The maximum absolute atomic E-state index is 13.2. The van der Waals surface area contributed by atoms with Crippen LogP contribution in [0.3, 0.4) is 0 Å². The van der Waals surface area contributed by atoms with Gasteiger partial charge in [0.1, 0.15) is 17.7 Å². The number of ether oxygens (including phenoxy) is 1. The van der Waals surface area contributed by atoms with Crippen molar-refractivity contribution in [1.82, 2.24) is 9.88 Å². The molecule has 2 heterocycles. The highest BCUT2D eigenvalue weighted by atomic mass is 35.5. The van der Waals surface area contributed by atoms with E-state index in [-0.39, 0.29) is 11.7 Å². The van der Waals surface area contributed by atoms with Gasteiger partial charge in [-0.15, -0.1) is 0 Å². The second-order valence-electron chi connectivity index (χ2n) is 6.39. The van der Waals surface area contributed by atoms with Gasteiger partial charge in [-0.25, -0.2) is 4.39 Å². The van der Waals surface area contributed by atoms with Crippen molar-refractivity contribution in [2.24, 2.45) is 0 Å². The highest BCUT2D eigenvalue weighted by Crippen LogP contribution is 2.35. The van der Waals surface area contributed by atoms with Crippen LogP contribution >= 0.6 is 11.6 Å². The number of carbonyl (C=O) groups is 1. The second kappa shape index (κ2) is 7.48. The number of hydrogen-bond acceptors (Lipinski definition) is 4. The zero-order chi connectivity index (χ0) is 19.7. The van der Waals surface area contributed by atoms with E-state index < -0.39 is 6.17 Å². The van der Waals surface area contributed by atoms with Gasteiger partial charge in [0.15, 0.2) is 0 Å². The van der Waals surface area contributed by atoms with Crippen LogP contribution in [0.2, 0.25) is 5.02 Å². The predicted octanol–water partition coefficient (Wildman–Crippen LogP) is 4.65. The number of methoxy groups -OCH3 is 1. The van der Waals surface area contributed by atoms with E-state index in [9.17, 15) is 9.18 Å². The van der Waals surface area contributed by atoms with Crippen LogP contribution in [0.25, 0.3) is 0 Å². The van der Waals surface area contributed by atoms with Crippen molar-refractivity contribution < 1.29 is 13.9 Å². The fourth-order valence-electron chi connectivity index (χ4n) is 3.25. The number of fused-ring (bicyclic) bond motifs is 1. The van der Waals surface area contributed by atoms with Crippen LogP contribution in [-0.2, 0) is 6.54 Å². The Morgan fingerprint density at radius 3 is 2.71 bits per heavy atom. The van der Waals surface area contributed by atoms with E-state index in [1.165, 1.54) is 12.1 Å². The number of anilines is 1. The second-order valence-corrected chi connectivity index (χ2v) is 6.80. The summed E-state index contributed by atoms with van der Waals surface area (Å²) in [6, 6.07) is 14.9. The molecule has 7 heteroatoms. The molecule has 1 atom stereocenters. The summed E-state index contributed by atoms with van der Waals surface area (Å²) in [4.78, 5) is 19.0. The van der Waals surface area contributed by atoms with Gasteiger partial charge in [-0.3, -0.25) is 9.78 Å². The Morgan fingerprint density at radius 2 is 2.00 bits per heavy atom. The molecular weight excluding hydrogens is 381 g/mol. The smallest absolute Gasteiger partial charge is 0.258 e. The van der Waals surface area contributed by atoms with E-state index in [0.29, 0.717) is 28.6 Å². The molecule has 1 aliphatic heterocycles. The molecule has 0 radical (unpaired) electrons. The molecule has 1 aromatic heterocycles. The monoisotopic (exact) mass is 397 g/mol. The van der Waals surface area contributed by atoms with Crippen molar-refractivity contribution in [2.45, 2.75) is 12.7 Å². The van der Waals surface area contributed by atoms with Gasteiger partial charge in [-0.1, -0.05) is 23.7 Å². The quantitative estimate of drug-likeness (QED) is 0.681. The molecular formula is C21H17ClFN3O2. The van der Waals surface area contributed by atoms with Gasteiger partial charge in [0.2, 0.25) is 0 Å². The first-order valence-electron chi connectivity index (χ1n) is 8.67. The number of halogens is 2. The normalized spacial score (nSPS) is 15.5. The van der Waals surface area contributed by atoms with E-state index in [4.69, 9.17) is 16.3 Å². The summed E-state index contributed by atoms with van der Waals surface area (Å²) in [5, 5.41) is 3.79. The molecule has 142 valence electrons. The highest BCUT2D eigenvalue weighted by Gasteiger charge is 2.37. The molecule has 0 saturated heterocycles. The average molecular weight is 398 g/mol. The molecule has 0 spiro atoms. The first kappa shape index (κ1) is 18.3. The van der Waals surface area contributed by atoms with Gasteiger partial charge in [0.25, 0.3) is 5.91 Å². The fourth-order valence-corrected chi connectivity index (χ4v) is 3.50. The third-order valence-corrected chi connectivity index (χ3v) is 4.92. The molecule has 5 nitrogen and oxygen atoms in total. The predicted molar refractivity (Wildman–Crippen MR) is 105 cm³/mol. The lowest BCUT2D eigenvalue weighted by atomic mass is 10.2. The molecule has 1 N–H and O–H groups in total. The van der Waals surface area contributed by atoms with Crippen molar-refractivity contribution >= 4 is 23.2 Å². The summed E-state index contributed by atoms with van der Waals surface area (Å²) in [6.45, 7) is 0.316.